The molecule has 3 nitrogen and oxygen atoms in total. The van der Waals surface area contributed by atoms with Crippen LogP contribution in [-0.4, -0.2) is 18.5 Å². The number of ether oxygens (including phenoxy) is 1. The maximum atomic E-state index is 13.6. The van der Waals surface area contributed by atoms with Gasteiger partial charge in [0.1, 0.15) is 11.9 Å². The Morgan fingerprint density at radius 3 is 2.53 bits per heavy atom. The van der Waals surface area contributed by atoms with E-state index in [4.69, 9.17) is 17.3 Å². The molecule has 0 bridgehead atoms. The van der Waals surface area contributed by atoms with E-state index in [1.807, 2.05) is 0 Å². The SMILES string of the molecule is CCOC(=O)C(F)(F)[C@@H](N)c1cc(F)cc(Cl)c1.Cl. The average molecular weight is 318 g/mol. The monoisotopic (exact) mass is 317 g/mol. The number of hydrogen-bond donors (Lipinski definition) is 1. The van der Waals surface area contributed by atoms with E-state index in [0.29, 0.717) is 0 Å². The minimum Gasteiger partial charge on any atom is -0.462 e. The van der Waals surface area contributed by atoms with Gasteiger partial charge in [-0.05, 0) is 30.7 Å². The van der Waals surface area contributed by atoms with Gasteiger partial charge in [-0.1, -0.05) is 11.6 Å². The van der Waals surface area contributed by atoms with E-state index in [1.165, 1.54) is 6.92 Å². The van der Waals surface area contributed by atoms with Crippen molar-refractivity contribution in [2.24, 2.45) is 5.73 Å². The highest BCUT2D eigenvalue weighted by Crippen LogP contribution is 2.32. The van der Waals surface area contributed by atoms with Crippen LogP contribution >= 0.6 is 24.0 Å². The first kappa shape index (κ1) is 18.0. The van der Waals surface area contributed by atoms with Crippen LogP contribution in [0.1, 0.15) is 18.5 Å². The molecule has 0 amide bonds. The zero-order valence-corrected chi connectivity index (χ0v) is 11.4. The summed E-state index contributed by atoms with van der Waals surface area (Å²) >= 11 is 5.53. The fourth-order valence-electron chi connectivity index (χ4n) is 1.32. The van der Waals surface area contributed by atoms with Crippen molar-refractivity contribution < 1.29 is 22.7 Å². The smallest absolute Gasteiger partial charge is 0.379 e. The van der Waals surface area contributed by atoms with Crippen molar-refractivity contribution in [2.75, 3.05) is 6.61 Å². The quantitative estimate of drug-likeness (QED) is 0.868. The van der Waals surface area contributed by atoms with Crippen LogP contribution in [0.25, 0.3) is 0 Å². The Kier molecular flexibility index (Phi) is 6.62. The molecule has 19 heavy (non-hydrogen) atoms. The zero-order chi connectivity index (χ0) is 13.9. The summed E-state index contributed by atoms with van der Waals surface area (Å²) in [5, 5.41) is -0.0832. The number of carbonyl (C=O) groups excluding carboxylic acids is 1. The van der Waals surface area contributed by atoms with E-state index in [1.54, 1.807) is 0 Å². The Balaban J connectivity index is 0.00000324. The van der Waals surface area contributed by atoms with Crippen LogP contribution in [-0.2, 0) is 9.53 Å². The highest BCUT2D eigenvalue weighted by molar-refractivity contribution is 6.30. The Labute approximate surface area is 119 Å². The van der Waals surface area contributed by atoms with Crippen molar-refractivity contribution in [3.8, 4) is 0 Å². The molecular formula is C11H12Cl2F3NO2. The summed E-state index contributed by atoms with van der Waals surface area (Å²) in [4.78, 5) is 11.1. The number of alkyl halides is 2. The van der Waals surface area contributed by atoms with Gasteiger partial charge in [-0.3, -0.25) is 0 Å². The molecule has 1 rings (SSSR count). The third-order valence-corrected chi connectivity index (χ3v) is 2.40. The molecule has 0 fully saturated rings. The summed E-state index contributed by atoms with van der Waals surface area (Å²) in [7, 11) is 0. The molecule has 1 atom stereocenters. The molecule has 0 heterocycles. The van der Waals surface area contributed by atoms with Crippen molar-refractivity contribution in [1.82, 2.24) is 0 Å². The van der Waals surface area contributed by atoms with Crippen LogP contribution in [0.5, 0.6) is 0 Å². The van der Waals surface area contributed by atoms with Crippen LogP contribution in [0.2, 0.25) is 5.02 Å². The lowest BCUT2D eigenvalue weighted by Crippen LogP contribution is -2.41. The molecule has 0 spiro atoms. The first-order valence-electron chi connectivity index (χ1n) is 5.05. The molecule has 0 aromatic heterocycles. The van der Waals surface area contributed by atoms with Gasteiger partial charge in [0.25, 0.3) is 0 Å². The van der Waals surface area contributed by atoms with E-state index in [2.05, 4.69) is 4.74 Å². The fraction of sp³-hybridized carbons (Fsp3) is 0.364. The van der Waals surface area contributed by atoms with E-state index in [9.17, 15) is 18.0 Å². The molecule has 8 heteroatoms. The van der Waals surface area contributed by atoms with Gasteiger partial charge in [0.2, 0.25) is 0 Å². The van der Waals surface area contributed by atoms with Crippen molar-refractivity contribution in [3.63, 3.8) is 0 Å². The Hall–Kier alpha value is -0.980. The summed E-state index contributed by atoms with van der Waals surface area (Å²) in [6, 6.07) is 0.789. The highest BCUT2D eigenvalue weighted by Gasteiger charge is 2.47. The van der Waals surface area contributed by atoms with Gasteiger partial charge >= 0.3 is 11.9 Å². The van der Waals surface area contributed by atoms with E-state index < -0.39 is 23.8 Å². The Morgan fingerprint density at radius 1 is 1.47 bits per heavy atom. The first-order valence-corrected chi connectivity index (χ1v) is 5.43. The van der Waals surface area contributed by atoms with Gasteiger partial charge in [-0.15, -0.1) is 12.4 Å². The van der Waals surface area contributed by atoms with Gasteiger partial charge in [0, 0.05) is 5.02 Å². The van der Waals surface area contributed by atoms with Crippen LogP contribution in [0, 0.1) is 5.82 Å². The lowest BCUT2D eigenvalue weighted by atomic mass is 10.0. The molecule has 0 aliphatic heterocycles. The molecule has 0 aliphatic carbocycles. The summed E-state index contributed by atoms with van der Waals surface area (Å²) in [5.74, 6) is -6.52. The van der Waals surface area contributed by atoms with Crippen LogP contribution < -0.4 is 5.73 Å². The summed E-state index contributed by atoms with van der Waals surface area (Å²) in [6.07, 6.45) is 0. The lowest BCUT2D eigenvalue weighted by Gasteiger charge is -2.22. The van der Waals surface area contributed by atoms with Gasteiger partial charge in [-0.2, -0.15) is 8.78 Å². The second kappa shape index (κ2) is 6.98. The number of benzene rings is 1. The number of nitrogens with two attached hydrogens (primary N) is 1. The lowest BCUT2D eigenvalue weighted by molar-refractivity contribution is -0.174. The van der Waals surface area contributed by atoms with Crippen molar-refractivity contribution in [1.29, 1.82) is 0 Å². The predicted octanol–water partition coefficient (Wildman–Crippen LogP) is 3.10. The summed E-state index contributed by atoms with van der Waals surface area (Å²) in [6.45, 7) is 1.18. The highest BCUT2D eigenvalue weighted by atomic mass is 35.5. The van der Waals surface area contributed by atoms with Crippen LogP contribution in [0.15, 0.2) is 18.2 Å². The molecular weight excluding hydrogens is 306 g/mol. The molecule has 0 radical (unpaired) electrons. The first-order chi connectivity index (χ1) is 8.28. The number of rotatable bonds is 4. The largest absolute Gasteiger partial charge is 0.462 e. The normalized spacial score (nSPS) is 12.5. The number of hydrogen-bond acceptors (Lipinski definition) is 3. The van der Waals surface area contributed by atoms with Crippen LogP contribution in [0.4, 0.5) is 13.2 Å². The third kappa shape index (κ3) is 4.26. The minimum absolute atomic E-state index is 0. The van der Waals surface area contributed by atoms with Crippen molar-refractivity contribution in [3.05, 3.63) is 34.6 Å². The van der Waals surface area contributed by atoms with E-state index in [0.717, 1.165) is 18.2 Å². The molecule has 108 valence electrons. The second-order valence-electron chi connectivity index (χ2n) is 3.52. The van der Waals surface area contributed by atoms with Crippen molar-refractivity contribution in [2.45, 2.75) is 18.9 Å². The number of carbonyl (C=O) groups is 1. The summed E-state index contributed by atoms with van der Waals surface area (Å²) < 4.78 is 44.4. The van der Waals surface area contributed by atoms with Gasteiger partial charge < -0.3 is 10.5 Å². The van der Waals surface area contributed by atoms with E-state index in [-0.39, 0.29) is 29.6 Å². The van der Waals surface area contributed by atoms with E-state index >= 15 is 0 Å². The molecule has 2 N–H and O–H groups in total. The van der Waals surface area contributed by atoms with Gasteiger partial charge in [0.05, 0.1) is 6.61 Å². The predicted molar refractivity (Wildman–Crippen MR) is 67.2 cm³/mol. The Morgan fingerprint density at radius 2 is 2.05 bits per heavy atom. The minimum atomic E-state index is -3.95. The summed E-state index contributed by atoms with van der Waals surface area (Å²) in [5.41, 5.74) is 4.99. The molecule has 0 saturated carbocycles. The number of halogens is 5. The van der Waals surface area contributed by atoms with Gasteiger partial charge in [0.15, 0.2) is 0 Å². The molecule has 0 saturated heterocycles. The molecule has 1 aromatic rings. The zero-order valence-electron chi connectivity index (χ0n) is 9.83. The molecule has 1 aromatic carbocycles. The van der Waals surface area contributed by atoms with Crippen molar-refractivity contribution >= 4 is 30.0 Å². The maximum Gasteiger partial charge on any atom is 0.379 e. The number of esters is 1. The fourth-order valence-corrected chi connectivity index (χ4v) is 1.55. The van der Waals surface area contributed by atoms with Gasteiger partial charge in [-0.25, -0.2) is 9.18 Å². The second-order valence-corrected chi connectivity index (χ2v) is 3.96. The molecule has 0 unspecified atom stereocenters. The topological polar surface area (TPSA) is 52.3 Å². The van der Waals surface area contributed by atoms with Crippen LogP contribution in [0.3, 0.4) is 0 Å². The Bertz CT molecular complexity index is 437. The average Bonchev–Trinajstić information content (AvgIpc) is 2.26. The standard InChI is InChI=1S/C11H11ClF3NO2.ClH/c1-2-18-10(17)11(14,15)9(16)6-3-7(12)5-8(13)4-6;/h3-5,9H,2,16H2,1H3;1H/t9-;/m0./s1. The molecule has 0 aliphatic rings. The third-order valence-electron chi connectivity index (χ3n) is 2.18. The maximum absolute atomic E-state index is 13.6.